The van der Waals surface area contributed by atoms with Crippen molar-refractivity contribution in [2.75, 3.05) is 0 Å². The number of pyridine rings is 1. The van der Waals surface area contributed by atoms with Gasteiger partial charge in [0, 0.05) is 17.3 Å². The zero-order valence-corrected chi connectivity index (χ0v) is 16.8. The molecule has 0 aliphatic rings. The van der Waals surface area contributed by atoms with Crippen molar-refractivity contribution in [1.29, 1.82) is 0 Å². The summed E-state index contributed by atoms with van der Waals surface area (Å²) in [6.45, 7) is 0.262. The number of carbonyl (C=O) groups excluding carboxylic acids is 1. The van der Waals surface area contributed by atoms with Crippen molar-refractivity contribution in [3.8, 4) is 23.0 Å². The lowest BCUT2D eigenvalue weighted by atomic mass is 10.0. The monoisotopic (exact) mass is 429 g/mol. The zero-order valence-electron chi connectivity index (χ0n) is 16.8. The van der Waals surface area contributed by atoms with Gasteiger partial charge in [-0.3, -0.25) is 9.78 Å². The summed E-state index contributed by atoms with van der Waals surface area (Å²) in [6.07, 6.45) is 3.16. The Kier molecular flexibility index (Phi) is 5.85. The van der Waals surface area contributed by atoms with Crippen molar-refractivity contribution in [2.24, 2.45) is 5.10 Å². The number of phenolic OH excluding ortho intramolecular Hbond substituents is 3. The summed E-state index contributed by atoms with van der Waals surface area (Å²) in [5, 5.41) is 34.5. The van der Waals surface area contributed by atoms with Gasteiger partial charge < -0.3 is 20.1 Å². The molecular weight excluding hydrogens is 410 g/mol. The first-order valence-electron chi connectivity index (χ1n) is 9.65. The Morgan fingerprint density at radius 1 is 1.00 bits per heavy atom. The molecular formula is C24H19N3O5. The molecule has 0 aliphatic carbocycles. The third kappa shape index (κ3) is 4.44. The number of ether oxygens (including phenoxy) is 1. The number of amides is 1. The molecule has 0 bridgehead atoms. The van der Waals surface area contributed by atoms with Gasteiger partial charge >= 0.3 is 0 Å². The molecule has 0 unspecified atom stereocenters. The molecule has 0 atom stereocenters. The maximum Gasteiger partial charge on any atom is 0.271 e. The largest absolute Gasteiger partial charge is 0.504 e. The fraction of sp³-hybridized carbons (Fsp3) is 0.0417. The topological polar surface area (TPSA) is 124 Å². The van der Waals surface area contributed by atoms with E-state index in [2.05, 4.69) is 15.5 Å². The first-order valence-corrected chi connectivity index (χ1v) is 9.65. The van der Waals surface area contributed by atoms with Gasteiger partial charge in [0.15, 0.2) is 17.2 Å². The molecule has 32 heavy (non-hydrogen) atoms. The number of nitrogens with one attached hydrogen (secondary N) is 1. The first-order chi connectivity index (χ1) is 15.5. The van der Waals surface area contributed by atoms with Crippen molar-refractivity contribution in [3.63, 3.8) is 0 Å². The van der Waals surface area contributed by atoms with Crippen LogP contribution in [-0.4, -0.2) is 32.4 Å². The molecule has 0 spiro atoms. The Balaban J connectivity index is 1.59. The molecule has 0 aliphatic heterocycles. The molecule has 0 saturated carbocycles. The summed E-state index contributed by atoms with van der Waals surface area (Å²) >= 11 is 0. The summed E-state index contributed by atoms with van der Waals surface area (Å²) in [7, 11) is 0. The maximum absolute atomic E-state index is 12.3. The number of nitrogens with zero attached hydrogens (tertiary/aromatic N) is 2. The highest BCUT2D eigenvalue weighted by Gasteiger charge is 2.13. The number of rotatable bonds is 6. The zero-order chi connectivity index (χ0) is 22.5. The van der Waals surface area contributed by atoms with Crippen LogP contribution in [0.2, 0.25) is 0 Å². The van der Waals surface area contributed by atoms with Gasteiger partial charge in [0.1, 0.15) is 12.4 Å². The van der Waals surface area contributed by atoms with E-state index in [1.807, 2.05) is 54.6 Å². The van der Waals surface area contributed by atoms with E-state index >= 15 is 0 Å². The van der Waals surface area contributed by atoms with Gasteiger partial charge in [-0.2, -0.15) is 5.10 Å². The number of carbonyl (C=O) groups is 1. The Bertz CT molecular complexity index is 1280. The summed E-state index contributed by atoms with van der Waals surface area (Å²) in [6, 6.07) is 19.1. The third-order valence-corrected chi connectivity index (χ3v) is 4.72. The quantitative estimate of drug-likeness (QED) is 0.210. The van der Waals surface area contributed by atoms with Crippen molar-refractivity contribution in [2.45, 2.75) is 6.61 Å². The van der Waals surface area contributed by atoms with Crippen molar-refractivity contribution < 1.29 is 24.9 Å². The van der Waals surface area contributed by atoms with Crippen LogP contribution in [0.4, 0.5) is 0 Å². The Morgan fingerprint density at radius 3 is 2.50 bits per heavy atom. The molecule has 8 nitrogen and oxygen atoms in total. The minimum absolute atomic E-state index is 0.0699. The van der Waals surface area contributed by atoms with Crippen LogP contribution in [0.1, 0.15) is 21.6 Å². The molecule has 1 amide bonds. The summed E-state index contributed by atoms with van der Waals surface area (Å²) in [5.74, 6) is -2.04. The van der Waals surface area contributed by atoms with Gasteiger partial charge in [0.05, 0.1) is 11.9 Å². The van der Waals surface area contributed by atoms with Crippen LogP contribution in [0.15, 0.2) is 78.0 Å². The molecule has 4 aromatic rings. The van der Waals surface area contributed by atoms with E-state index in [0.29, 0.717) is 11.3 Å². The molecule has 0 saturated heterocycles. The summed E-state index contributed by atoms with van der Waals surface area (Å²) < 4.78 is 5.96. The predicted molar refractivity (Wildman–Crippen MR) is 119 cm³/mol. The number of hydrogen-bond acceptors (Lipinski definition) is 7. The van der Waals surface area contributed by atoms with Gasteiger partial charge in [-0.05, 0) is 41.1 Å². The molecule has 0 fully saturated rings. The number of phenols is 3. The lowest BCUT2D eigenvalue weighted by Gasteiger charge is -2.11. The van der Waals surface area contributed by atoms with Crippen LogP contribution in [-0.2, 0) is 6.61 Å². The molecule has 160 valence electrons. The highest BCUT2D eigenvalue weighted by molar-refractivity contribution is 6.03. The molecule has 0 radical (unpaired) electrons. The highest BCUT2D eigenvalue weighted by Crippen LogP contribution is 2.35. The van der Waals surface area contributed by atoms with Crippen LogP contribution in [0.3, 0.4) is 0 Å². The number of hydrazone groups is 1. The van der Waals surface area contributed by atoms with E-state index < -0.39 is 23.2 Å². The second kappa shape index (κ2) is 9.05. The van der Waals surface area contributed by atoms with Gasteiger partial charge in [-0.25, -0.2) is 5.43 Å². The minimum Gasteiger partial charge on any atom is -0.504 e. The first kappa shape index (κ1) is 20.7. The van der Waals surface area contributed by atoms with Gasteiger partial charge in [-0.15, -0.1) is 0 Å². The van der Waals surface area contributed by atoms with Crippen LogP contribution in [0.25, 0.3) is 10.8 Å². The predicted octanol–water partition coefficient (Wildman–Crippen LogP) is 3.69. The van der Waals surface area contributed by atoms with Gasteiger partial charge in [0.2, 0.25) is 0 Å². The van der Waals surface area contributed by atoms with E-state index in [1.165, 1.54) is 6.21 Å². The number of aromatic nitrogens is 1. The highest BCUT2D eigenvalue weighted by atomic mass is 16.5. The summed E-state index contributed by atoms with van der Waals surface area (Å²) in [4.78, 5) is 16.6. The average molecular weight is 429 g/mol. The number of benzene rings is 3. The second-order valence-electron chi connectivity index (χ2n) is 6.87. The molecule has 3 aromatic carbocycles. The molecule has 1 aromatic heterocycles. The number of fused-ring (bicyclic) bond motifs is 1. The molecule has 8 heteroatoms. The van der Waals surface area contributed by atoms with Crippen LogP contribution in [0.5, 0.6) is 23.0 Å². The maximum atomic E-state index is 12.3. The van der Waals surface area contributed by atoms with Gasteiger partial charge in [-0.1, -0.05) is 36.4 Å². The smallest absolute Gasteiger partial charge is 0.271 e. The lowest BCUT2D eigenvalue weighted by molar-refractivity contribution is 0.0954. The fourth-order valence-corrected chi connectivity index (χ4v) is 3.13. The Morgan fingerprint density at radius 2 is 1.75 bits per heavy atom. The molecule has 1 heterocycles. The standard InChI is InChI=1S/C24H19N3O5/c28-20-11-16(12-21(29)23(20)30)24(31)27-26-13-19-18-7-2-1-5-15(18)8-9-22(19)32-14-17-6-3-4-10-25-17/h1-13,28-30H,14H2,(H,27,31)/b26-13+. The Labute approximate surface area is 183 Å². The number of aromatic hydroxyl groups is 3. The van der Waals surface area contributed by atoms with Crippen LogP contribution >= 0.6 is 0 Å². The summed E-state index contributed by atoms with van der Waals surface area (Å²) in [5.41, 5.74) is 3.71. The third-order valence-electron chi connectivity index (χ3n) is 4.72. The van der Waals surface area contributed by atoms with E-state index in [0.717, 1.165) is 28.6 Å². The molecule has 4 rings (SSSR count). The average Bonchev–Trinajstić information content (AvgIpc) is 2.82. The van der Waals surface area contributed by atoms with Crippen LogP contribution in [0, 0.1) is 0 Å². The normalized spacial score (nSPS) is 11.0. The van der Waals surface area contributed by atoms with Gasteiger partial charge in [0.25, 0.3) is 5.91 Å². The van der Waals surface area contributed by atoms with Crippen molar-refractivity contribution >= 4 is 22.9 Å². The van der Waals surface area contributed by atoms with E-state index in [9.17, 15) is 20.1 Å². The second-order valence-corrected chi connectivity index (χ2v) is 6.87. The Hall–Kier alpha value is -4.59. The SMILES string of the molecule is O=C(N/N=C/c1c(OCc2ccccn2)ccc2ccccc12)c1cc(O)c(O)c(O)c1. The minimum atomic E-state index is -0.699. The fourth-order valence-electron chi connectivity index (χ4n) is 3.13. The van der Waals surface area contributed by atoms with Crippen molar-refractivity contribution in [3.05, 3.63) is 89.7 Å². The number of hydrogen-bond donors (Lipinski definition) is 4. The molecule has 4 N–H and O–H groups in total. The van der Waals surface area contributed by atoms with E-state index in [4.69, 9.17) is 4.74 Å². The van der Waals surface area contributed by atoms with Crippen molar-refractivity contribution in [1.82, 2.24) is 10.4 Å². The van der Waals surface area contributed by atoms with E-state index in [1.54, 1.807) is 6.20 Å². The lowest BCUT2D eigenvalue weighted by Crippen LogP contribution is -2.17. The van der Waals surface area contributed by atoms with Crippen LogP contribution < -0.4 is 10.2 Å². The van der Waals surface area contributed by atoms with E-state index in [-0.39, 0.29) is 12.2 Å².